The molecular weight excluding hydrogens is 452 g/mol. The molecule has 1 fully saturated rings. The maximum absolute atomic E-state index is 12.2. The molecule has 1 aliphatic heterocycles. The van der Waals surface area contributed by atoms with Crippen molar-refractivity contribution in [3.05, 3.63) is 57.9 Å². The van der Waals surface area contributed by atoms with Crippen molar-refractivity contribution in [3.63, 3.8) is 0 Å². The van der Waals surface area contributed by atoms with Crippen LogP contribution in [-0.2, 0) is 30.5 Å². The molecule has 0 spiro atoms. The zero-order valence-electron chi connectivity index (χ0n) is 20.5. The van der Waals surface area contributed by atoms with Crippen molar-refractivity contribution in [2.75, 3.05) is 0 Å². The third-order valence-electron chi connectivity index (χ3n) is 4.75. The molecular formula is C26H36N2O5S. The number of hydrogen-bond acceptors (Lipinski definition) is 6. The number of esters is 1. The third kappa shape index (κ3) is 11.3. The van der Waals surface area contributed by atoms with Gasteiger partial charge in [0, 0.05) is 12.8 Å². The molecule has 2 rings (SSSR count). The van der Waals surface area contributed by atoms with Crippen molar-refractivity contribution >= 4 is 35.5 Å². The van der Waals surface area contributed by atoms with Crippen LogP contribution in [0.15, 0.2) is 52.3 Å². The highest BCUT2D eigenvalue weighted by Gasteiger charge is 2.28. The number of thioether (sulfide) groups is 1. The van der Waals surface area contributed by atoms with Gasteiger partial charge in [0.15, 0.2) is 0 Å². The largest absolute Gasteiger partial charge is 0.461 e. The highest BCUT2D eigenvalue weighted by atomic mass is 32.2. The first-order valence-electron chi connectivity index (χ1n) is 11.7. The topological polar surface area (TPSA) is 102 Å². The fourth-order valence-electron chi connectivity index (χ4n) is 2.94. The van der Waals surface area contributed by atoms with Gasteiger partial charge < -0.3 is 10.1 Å². The predicted octanol–water partition coefficient (Wildman–Crippen LogP) is 4.78. The van der Waals surface area contributed by atoms with E-state index >= 15 is 0 Å². The number of nitrogens with one attached hydrogen (secondary N) is 2. The molecule has 34 heavy (non-hydrogen) atoms. The number of imide groups is 1. The summed E-state index contributed by atoms with van der Waals surface area (Å²) in [6, 6.07) is 9.06. The second kappa shape index (κ2) is 16.7. The molecule has 0 bridgehead atoms. The van der Waals surface area contributed by atoms with Gasteiger partial charge >= 0.3 is 5.97 Å². The Morgan fingerprint density at radius 1 is 1.18 bits per heavy atom. The summed E-state index contributed by atoms with van der Waals surface area (Å²) in [6.45, 7) is 8.24. The van der Waals surface area contributed by atoms with Gasteiger partial charge in [-0.2, -0.15) is 0 Å². The molecule has 1 saturated heterocycles. The molecule has 0 radical (unpaired) electrons. The van der Waals surface area contributed by atoms with Crippen LogP contribution >= 0.6 is 11.8 Å². The molecule has 1 unspecified atom stereocenters. The molecule has 1 aliphatic rings. The lowest BCUT2D eigenvalue weighted by molar-refractivity contribution is -0.145. The quantitative estimate of drug-likeness (QED) is 0.279. The second-order valence-corrected chi connectivity index (χ2v) is 8.73. The van der Waals surface area contributed by atoms with Crippen LogP contribution in [0, 0.1) is 0 Å². The van der Waals surface area contributed by atoms with Gasteiger partial charge in [-0.1, -0.05) is 75.0 Å². The number of hydrogen-bond donors (Lipinski definition) is 2. The molecule has 1 aromatic carbocycles. The van der Waals surface area contributed by atoms with E-state index in [0.29, 0.717) is 24.4 Å². The molecule has 0 aliphatic carbocycles. The van der Waals surface area contributed by atoms with Crippen LogP contribution in [0.4, 0.5) is 0 Å². The average Bonchev–Trinajstić information content (AvgIpc) is 2.83. The van der Waals surface area contributed by atoms with Crippen LogP contribution in [0.5, 0.6) is 0 Å². The van der Waals surface area contributed by atoms with Crippen LogP contribution in [0.3, 0.4) is 0 Å². The summed E-state index contributed by atoms with van der Waals surface area (Å²) >= 11 is 1.42. The van der Waals surface area contributed by atoms with E-state index in [-0.39, 0.29) is 24.2 Å². The Bertz CT molecular complexity index is 880. The fraction of sp³-hybridized carbons (Fsp3) is 0.462. The van der Waals surface area contributed by atoms with Crippen LogP contribution in [0.2, 0.25) is 0 Å². The van der Waals surface area contributed by atoms with E-state index in [1.807, 2.05) is 44.2 Å². The first kappa shape index (κ1) is 29.2. The number of carbonyl (C=O) groups excluding carboxylic acids is 4. The Labute approximate surface area is 206 Å². The van der Waals surface area contributed by atoms with Crippen LogP contribution < -0.4 is 10.6 Å². The molecule has 8 heteroatoms. The Morgan fingerprint density at radius 3 is 2.44 bits per heavy atom. The SMILES string of the molecule is C/C=C(\S/C(=C/CC)CC)C(=O)NC1CCC(=O)NC1=O.CCCC(=O)OCc1ccccc1. The maximum Gasteiger partial charge on any atom is 0.306 e. The van der Waals surface area contributed by atoms with Gasteiger partial charge in [0.1, 0.15) is 12.6 Å². The molecule has 186 valence electrons. The molecule has 7 nitrogen and oxygen atoms in total. The van der Waals surface area contributed by atoms with Gasteiger partial charge in [-0.15, -0.1) is 0 Å². The number of piperidine rings is 1. The molecule has 2 N–H and O–H groups in total. The summed E-state index contributed by atoms with van der Waals surface area (Å²) in [5, 5.41) is 4.93. The summed E-state index contributed by atoms with van der Waals surface area (Å²) < 4.78 is 5.03. The minimum absolute atomic E-state index is 0.119. The summed E-state index contributed by atoms with van der Waals surface area (Å²) in [4.78, 5) is 47.7. The van der Waals surface area contributed by atoms with Crippen molar-refractivity contribution < 1.29 is 23.9 Å². The Hall–Kier alpha value is -2.87. The van der Waals surface area contributed by atoms with Gasteiger partial charge in [-0.05, 0) is 43.1 Å². The lowest BCUT2D eigenvalue weighted by atomic mass is 10.1. The van der Waals surface area contributed by atoms with Crippen molar-refractivity contribution in [2.45, 2.75) is 78.9 Å². The van der Waals surface area contributed by atoms with Gasteiger partial charge in [0.05, 0.1) is 4.91 Å². The van der Waals surface area contributed by atoms with Crippen molar-refractivity contribution in [2.24, 2.45) is 0 Å². The molecule has 0 aromatic heterocycles. The zero-order valence-corrected chi connectivity index (χ0v) is 21.3. The predicted molar refractivity (Wildman–Crippen MR) is 135 cm³/mol. The number of carbonyl (C=O) groups is 4. The Morgan fingerprint density at radius 2 is 1.88 bits per heavy atom. The first-order valence-corrected chi connectivity index (χ1v) is 12.5. The average molecular weight is 489 g/mol. The Balaban J connectivity index is 0.000000380. The monoisotopic (exact) mass is 488 g/mol. The third-order valence-corrected chi connectivity index (χ3v) is 6.11. The number of amides is 3. The molecule has 0 saturated carbocycles. The van der Waals surface area contributed by atoms with E-state index in [9.17, 15) is 19.2 Å². The van der Waals surface area contributed by atoms with E-state index < -0.39 is 11.9 Å². The number of benzene rings is 1. The smallest absolute Gasteiger partial charge is 0.306 e. The van der Waals surface area contributed by atoms with Crippen molar-refractivity contribution in [1.82, 2.24) is 10.6 Å². The molecule has 1 atom stereocenters. The minimum atomic E-state index is -0.633. The summed E-state index contributed by atoms with van der Waals surface area (Å²) in [5.41, 5.74) is 1.03. The lowest BCUT2D eigenvalue weighted by Gasteiger charge is -2.22. The van der Waals surface area contributed by atoms with E-state index in [1.165, 1.54) is 11.8 Å². The van der Waals surface area contributed by atoms with Gasteiger partial charge in [-0.25, -0.2) is 0 Å². The lowest BCUT2D eigenvalue weighted by Crippen LogP contribution is -2.52. The fourth-order valence-corrected chi connectivity index (χ4v) is 3.88. The summed E-state index contributed by atoms with van der Waals surface area (Å²) in [5.74, 6) is -1.11. The second-order valence-electron chi connectivity index (χ2n) is 7.56. The van der Waals surface area contributed by atoms with E-state index in [2.05, 4.69) is 23.6 Å². The van der Waals surface area contributed by atoms with Gasteiger partial charge in [0.25, 0.3) is 5.91 Å². The normalized spacial score (nSPS) is 16.2. The first-order chi connectivity index (χ1) is 16.3. The van der Waals surface area contributed by atoms with Crippen molar-refractivity contribution in [1.29, 1.82) is 0 Å². The standard InChI is InChI=1S/C15H22N2O3S.C11H14O2/c1-4-7-10(5-2)21-12(6-3)15(20)16-11-8-9-13(18)17-14(11)19;1-2-6-11(12)13-9-10-7-4-3-5-8-10/h6-7,11H,4-5,8-9H2,1-3H3,(H,16,20)(H,17,18,19);3-5,7-8H,2,6,9H2,1H3/b10-7+,12-6-;. The number of rotatable bonds is 10. The molecule has 3 amide bonds. The van der Waals surface area contributed by atoms with Crippen LogP contribution in [0.25, 0.3) is 0 Å². The van der Waals surface area contributed by atoms with Crippen LogP contribution in [-0.4, -0.2) is 29.7 Å². The van der Waals surface area contributed by atoms with E-state index in [1.54, 1.807) is 13.0 Å². The zero-order chi connectivity index (χ0) is 25.3. The minimum Gasteiger partial charge on any atom is -0.461 e. The van der Waals surface area contributed by atoms with Gasteiger partial charge in [0.2, 0.25) is 11.8 Å². The van der Waals surface area contributed by atoms with Crippen molar-refractivity contribution in [3.8, 4) is 0 Å². The highest BCUT2D eigenvalue weighted by Crippen LogP contribution is 2.28. The number of allylic oxidation sites excluding steroid dienone is 3. The van der Waals surface area contributed by atoms with Crippen LogP contribution in [0.1, 0.15) is 71.8 Å². The van der Waals surface area contributed by atoms with E-state index in [0.717, 1.165) is 29.7 Å². The number of ether oxygens (including phenoxy) is 1. The maximum atomic E-state index is 12.2. The molecule has 1 heterocycles. The summed E-state index contributed by atoms with van der Waals surface area (Å²) in [7, 11) is 0. The molecule has 1 aromatic rings. The Kier molecular flexibility index (Phi) is 14.3. The van der Waals surface area contributed by atoms with Gasteiger partial charge in [-0.3, -0.25) is 24.5 Å². The van der Waals surface area contributed by atoms with E-state index in [4.69, 9.17) is 4.74 Å². The highest BCUT2D eigenvalue weighted by molar-refractivity contribution is 8.07. The summed E-state index contributed by atoms with van der Waals surface area (Å²) in [6.07, 6.45) is 7.57.